The zero-order valence-electron chi connectivity index (χ0n) is 34.2. The summed E-state index contributed by atoms with van der Waals surface area (Å²) in [6, 6.07) is 20.2. The minimum absolute atomic E-state index is 0.00754. The molecule has 3 aromatic heterocycles. The van der Waals surface area contributed by atoms with Crippen molar-refractivity contribution in [1.29, 1.82) is 0 Å². The Hall–Kier alpha value is -4.97. The van der Waals surface area contributed by atoms with E-state index in [1.165, 1.54) is 55.2 Å². The number of rotatable bonds is 3. The van der Waals surface area contributed by atoms with E-state index in [0.29, 0.717) is 11.8 Å². The van der Waals surface area contributed by atoms with E-state index < -0.39 is 11.1 Å². The molecule has 2 atom stereocenters. The summed E-state index contributed by atoms with van der Waals surface area (Å²) in [7, 11) is 0. The van der Waals surface area contributed by atoms with Crippen LogP contribution >= 0.6 is 0 Å². The van der Waals surface area contributed by atoms with Crippen LogP contribution in [0.1, 0.15) is 118 Å². The molecule has 0 fully saturated rings. The van der Waals surface area contributed by atoms with Gasteiger partial charge in [-0.2, -0.15) is 0 Å². The lowest BCUT2D eigenvalue weighted by atomic mass is 9.66. The van der Waals surface area contributed by atoms with Crippen molar-refractivity contribution in [2.24, 2.45) is 10.4 Å². The van der Waals surface area contributed by atoms with Gasteiger partial charge in [-0.05, 0) is 109 Å². The number of fused-ring (bicyclic) bond motifs is 8. The topological polar surface area (TPSA) is 61.5 Å². The first-order valence-electron chi connectivity index (χ1n) is 19.4. The molecule has 0 amide bonds. The van der Waals surface area contributed by atoms with Crippen molar-refractivity contribution < 1.29 is 9.47 Å². The molecule has 54 heavy (non-hydrogen) atoms. The quantitative estimate of drug-likeness (QED) is 0.183. The first kappa shape index (κ1) is 34.8. The van der Waals surface area contributed by atoms with Crippen molar-refractivity contribution in [3.63, 3.8) is 0 Å². The van der Waals surface area contributed by atoms with Crippen LogP contribution in [0, 0.1) is 33.1 Å². The number of hydrogen-bond acceptors (Lipinski definition) is 5. The Morgan fingerprint density at radius 2 is 1.50 bits per heavy atom. The Morgan fingerprint density at radius 3 is 2.22 bits per heavy atom. The maximum atomic E-state index is 7.11. The molecule has 3 aromatic carbocycles. The van der Waals surface area contributed by atoms with E-state index in [-0.39, 0.29) is 16.2 Å². The average Bonchev–Trinajstić information content (AvgIpc) is 3.65. The van der Waals surface area contributed by atoms with Crippen molar-refractivity contribution in [2.75, 3.05) is 0 Å². The molecule has 0 N–H and O–H groups in total. The predicted molar refractivity (Wildman–Crippen MR) is 220 cm³/mol. The zero-order valence-corrected chi connectivity index (χ0v) is 34.2. The summed E-state index contributed by atoms with van der Waals surface area (Å²) in [5, 5.41) is 2.44. The highest BCUT2D eigenvalue weighted by Crippen LogP contribution is 2.60. The molecule has 0 unspecified atom stereocenters. The van der Waals surface area contributed by atoms with Gasteiger partial charge in [0.15, 0.2) is 0 Å². The van der Waals surface area contributed by atoms with E-state index in [9.17, 15) is 0 Å². The number of aryl methyl sites for hydroxylation is 4. The van der Waals surface area contributed by atoms with Crippen LogP contribution in [0.4, 0.5) is 0 Å². The third-order valence-corrected chi connectivity index (χ3v) is 13.1. The summed E-state index contributed by atoms with van der Waals surface area (Å²) in [4.78, 5) is 15.2. The Balaban J connectivity index is 1.17. The second kappa shape index (κ2) is 10.8. The van der Waals surface area contributed by atoms with E-state index in [1.807, 2.05) is 18.3 Å². The minimum atomic E-state index is -0.526. The van der Waals surface area contributed by atoms with Gasteiger partial charge >= 0.3 is 0 Å². The molecule has 0 radical (unpaired) electrons. The molecular weight excluding hydrogens is 665 g/mol. The molecule has 0 saturated heterocycles. The van der Waals surface area contributed by atoms with E-state index in [4.69, 9.17) is 24.4 Å². The van der Waals surface area contributed by atoms with Crippen molar-refractivity contribution in [3.8, 4) is 17.4 Å². The molecule has 1 aliphatic carbocycles. The lowest BCUT2D eigenvalue weighted by molar-refractivity contribution is -0.0673. The van der Waals surface area contributed by atoms with E-state index in [0.717, 1.165) is 40.2 Å². The van der Waals surface area contributed by atoms with Crippen molar-refractivity contribution in [2.45, 2.75) is 118 Å². The van der Waals surface area contributed by atoms with E-state index in [1.54, 1.807) is 6.20 Å². The van der Waals surface area contributed by atoms with Crippen molar-refractivity contribution >= 4 is 27.7 Å². The molecule has 5 heterocycles. The van der Waals surface area contributed by atoms with Crippen molar-refractivity contribution in [3.05, 3.63) is 123 Å². The summed E-state index contributed by atoms with van der Waals surface area (Å²) < 4.78 is 16.2. The highest BCUT2D eigenvalue weighted by molar-refractivity contribution is 6.12. The molecule has 9 rings (SSSR count). The van der Waals surface area contributed by atoms with Crippen LogP contribution in [0.5, 0.6) is 11.6 Å². The van der Waals surface area contributed by atoms with Crippen LogP contribution < -0.4 is 4.74 Å². The maximum absolute atomic E-state index is 7.11. The van der Waals surface area contributed by atoms with Gasteiger partial charge in [0.1, 0.15) is 22.7 Å². The number of hydrogen-bond donors (Lipinski definition) is 0. The first-order chi connectivity index (χ1) is 25.2. The monoisotopic (exact) mass is 716 g/mol. The highest BCUT2D eigenvalue weighted by atomic mass is 16.5. The molecular formula is C48H52N4O2. The molecule has 3 aliphatic rings. The lowest BCUT2D eigenvalue weighted by Gasteiger charge is -2.45. The molecule has 0 saturated carbocycles. The first-order valence-corrected chi connectivity index (χ1v) is 19.4. The Morgan fingerprint density at radius 1 is 0.759 bits per heavy atom. The molecule has 0 spiro atoms. The number of ether oxygens (including phenoxy) is 2. The van der Waals surface area contributed by atoms with Crippen LogP contribution in [0.2, 0.25) is 0 Å². The van der Waals surface area contributed by atoms with Gasteiger partial charge in [0.2, 0.25) is 11.8 Å². The smallest absolute Gasteiger partial charge is 0.219 e. The fourth-order valence-electron chi connectivity index (χ4n) is 9.66. The number of benzene rings is 3. The number of aromatic nitrogens is 3. The molecule has 6 heteroatoms. The number of nitrogens with zero attached hydrogens (tertiary/aromatic N) is 4. The van der Waals surface area contributed by atoms with Gasteiger partial charge in [0, 0.05) is 63.7 Å². The highest BCUT2D eigenvalue weighted by Gasteiger charge is 2.66. The Labute approximate surface area is 319 Å². The van der Waals surface area contributed by atoms with Gasteiger partial charge in [-0.1, -0.05) is 73.6 Å². The molecule has 0 bridgehead atoms. The summed E-state index contributed by atoms with van der Waals surface area (Å²) in [5.74, 6) is 2.87. The molecule has 2 aliphatic heterocycles. The molecule has 276 valence electrons. The average molecular weight is 717 g/mol. The minimum Gasteiger partial charge on any atom is -0.467 e. The van der Waals surface area contributed by atoms with Gasteiger partial charge in [-0.15, -0.1) is 0 Å². The van der Waals surface area contributed by atoms with Gasteiger partial charge in [0.05, 0.1) is 11.0 Å². The normalized spacial score (nSPS) is 21.2. The maximum Gasteiger partial charge on any atom is 0.219 e. The SMILES string of the molecule is Cc1cnc2c(c1)C(C)(C)c1cc(C(C)(C)C)cc3c4cc(C)c(Oc5cc(C6=N[C@]7(C)c8cc(C)c(C)cc8C[C@]7(C(C)(C)C)O6)ccn5)cc4n-2c13. The summed E-state index contributed by atoms with van der Waals surface area (Å²) in [6.45, 7) is 29.3. The van der Waals surface area contributed by atoms with Gasteiger partial charge in [-0.3, -0.25) is 4.57 Å². The van der Waals surface area contributed by atoms with Crippen molar-refractivity contribution in [1.82, 2.24) is 14.5 Å². The Bertz CT molecular complexity index is 2650. The predicted octanol–water partition coefficient (Wildman–Crippen LogP) is 11.6. The third kappa shape index (κ3) is 4.61. The van der Waals surface area contributed by atoms with Crippen LogP contribution in [-0.4, -0.2) is 26.0 Å². The summed E-state index contributed by atoms with van der Waals surface area (Å²) >= 11 is 0. The summed E-state index contributed by atoms with van der Waals surface area (Å²) in [6.07, 6.45) is 4.59. The molecule has 6 aromatic rings. The van der Waals surface area contributed by atoms with E-state index >= 15 is 0 Å². The van der Waals surface area contributed by atoms with Crippen LogP contribution in [-0.2, 0) is 27.5 Å². The standard InChI is InChI=1S/C48H52N4O2/c1-26-16-37-42(50-25-26)52-38-23-39(29(4)18-33(38)34-21-32(44(5,6)7)22-36(41(34)52)46(37,11)12)53-40-20-30(14-15-49-40)43-51-47(13)35-19-28(3)27(2)17-31(35)24-48(47,54-43)45(8,9)10/h14-23,25H,24H2,1-13H3/t47-,48-/m1/s1. The van der Waals surface area contributed by atoms with Crippen LogP contribution in [0.25, 0.3) is 27.6 Å². The van der Waals surface area contributed by atoms with E-state index in [2.05, 4.69) is 137 Å². The zero-order chi connectivity index (χ0) is 38.5. The third-order valence-electron chi connectivity index (χ3n) is 13.1. The lowest BCUT2D eigenvalue weighted by Crippen LogP contribution is -2.54. The summed E-state index contributed by atoms with van der Waals surface area (Å²) in [5.41, 5.74) is 13.0. The Kier molecular flexibility index (Phi) is 6.98. The molecule has 6 nitrogen and oxygen atoms in total. The van der Waals surface area contributed by atoms with Gasteiger partial charge < -0.3 is 9.47 Å². The van der Waals surface area contributed by atoms with Crippen LogP contribution in [0.3, 0.4) is 0 Å². The second-order valence-corrected chi connectivity index (χ2v) is 19.1. The fraction of sp³-hybridized carbons (Fsp3) is 0.396. The van der Waals surface area contributed by atoms with Gasteiger partial charge in [-0.25, -0.2) is 15.0 Å². The number of aliphatic imine (C=N–C) groups is 1. The number of pyridine rings is 2. The fourth-order valence-corrected chi connectivity index (χ4v) is 9.66. The van der Waals surface area contributed by atoms with Gasteiger partial charge in [0.25, 0.3) is 0 Å². The second-order valence-electron chi connectivity index (χ2n) is 19.1. The van der Waals surface area contributed by atoms with Crippen LogP contribution in [0.15, 0.2) is 72.0 Å². The largest absolute Gasteiger partial charge is 0.467 e.